The summed E-state index contributed by atoms with van der Waals surface area (Å²) >= 11 is 0. The first-order valence-corrected chi connectivity index (χ1v) is 13.3. The second-order valence-corrected chi connectivity index (χ2v) is 9.87. The second kappa shape index (κ2) is 13.1. The highest BCUT2D eigenvalue weighted by Gasteiger charge is 2.29. The van der Waals surface area contributed by atoms with Crippen molar-refractivity contribution < 1.29 is 4.74 Å². The van der Waals surface area contributed by atoms with E-state index in [-0.39, 0.29) is 6.04 Å². The van der Waals surface area contributed by atoms with Crippen molar-refractivity contribution in [3.63, 3.8) is 0 Å². The van der Waals surface area contributed by atoms with Gasteiger partial charge >= 0.3 is 0 Å². The Morgan fingerprint density at radius 2 is 1.89 bits per heavy atom. The molecule has 2 N–H and O–H groups in total. The smallest absolute Gasteiger partial charge is 0.156 e. The quantitative estimate of drug-likeness (QED) is 0.246. The summed E-state index contributed by atoms with van der Waals surface area (Å²) in [7, 11) is 3.62. The molecule has 2 aliphatic heterocycles. The predicted molar refractivity (Wildman–Crippen MR) is 146 cm³/mol. The summed E-state index contributed by atoms with van der Waals surface area (Å²) in [5, 5.41) is 6.62. The molecular formula is C28H42N6O. The van der Waals surface area contributed by atoms with Gasteiger partial charge < -0.3 is 25.2 Å². The first kappa shape index (κ1) is 25.7. The Morgan fingerprint density at radius 3 is 2.51 bits per heavy atom. The first-order valence-electron chi connectivity index (χ1n) is 13.3. The van der Waals surface area contributed by atoms with Crippen molar-refractivity contribution in [2.45, 2.75) is 63.5 Å². The molecule has 3 aliphatic rings. The number of piperidine rings is 1. The zero-order chi connectivity index (χ0) is 24.5. The van der Waals surface area contributed by atoms with E-state index in [1.807, 2.05) is 13.1 Å². The van der Waals surface area contributed by atoms with Crippen LogP contribution in [-0.4, -0.2) is 88.0 Å². The van der Waals surface area contributed by atoms with Crippen LogP contribution in [0.5, 0.6) is 5.75 Å². The van der Waals surface area contributed by atoms with E-state index in [2.05, 4.69) is 50.1 Å². The highest BCUT2D eigenvalue weighted by Crippen LogP contribution is 2.30. The Hall–Kier alpha value is -2.40. The van der Waals surface area contributed by atoms with Crippen LogP contribution in [0.2, 0.25) is 0 Å². The summed E-state index contributed by atoms with van der Waals surface area (Å²) in [5.74, 6) is 8.12. The highest BCUT2D eigenvalue weighted by molar-refractivity contribution is 6.06. The third-order valence-electron chi connectivity index (χ3n) is 7.56. The van der Waals surface area contributed by atoms with Crippen LogP contribution in [0.1, 0.15) is 62.5 Å². The molecule has 190 valence electrons. The van der Waals surface area contributed by atoms with Crippen LogP contribution in [0, 0.1) is 11.8 Å². The lowest BCUT2D eigenvalue weighted by Gasteiger charge is -2.41. The fourth-order valence-electron chi connectivity index (χ4n) is 5.24. The molecule has 3 fully saturated rings. The Bertz CT molecular complexity index is 931. The minimum absolute atomic E-state index is 0.278. The lowest BCUT2D eigenvalue weighted by molar-refractivity contribution is 0.0986. The summed E-state index contributed by atoms with van der Waals surface area (Å²) in [5.41, 5.74) is 2.74. The zero-order valence-electron chi connectivity index (χ0n) is 21.6. The van der Waals surface area contributed by atoms with Gasteiger partial charge in [0, 0.05) is 43.3 Å². The van der Waals surface area contributed by atoms with Gasteiger partial charge in [-0.2, -0.15) is 0 Å². The molecule has 7 nitrogen and oxygen atoms in total. The van der Waals surface area contributed by atoms with E-state index in [1.54, 1.807) is 7.11 Å². The molecule has 0 atom stereocenters. The van der Waals surface area contributed by atoms with Crippen LogP contribution in [0.15, 0.2) is 22.1 Å². The van der Waals surface area contributed by atoms with Crippen molar-refractivity contribution in [3.8, 4) is 17.6 Å². The number of benzene rings is 1. The minimum Gasteiger partial charge on any atom is -0.495 e. The Labute approximate surface area is 211 Å². The molecule has 0 aromatic heterocycles. The maximum atomic E-state index is 5.74. The van der Waals surface area contributed by atoms with E-state index >= 15 is 0 Å². The Balaban J connectivity index is 1.51. The van der Waals surface area contributed by atoms with Gasteiger partial charge in [0.2, 0.25) is 0 Å². The standard InChI is InChI=1S/C28H42N6O/c1-29-21-31-26-19-22(9-4-5-14-33-15-6-7-16-33)27(35-3)20-25(26)28(30-2)32-23-12-17-34(18-13-23)24-10-8-11-24/h19-20,23-24,29,31H,2,5-8,10-18,21H2,1,3H3. The SMILES string of the molecule is C=NC(=NC1CCN(C2CCC2)CC1)c1cc(OC)c(C#CCCN2CCCC2)cc1NCNC. The number of nitrogens with zero attached hydrogens (tertiary/aromatic N) is 4. The van der Waals surface area contributed by atoms with Gasteiger partial charge in [0.25, 0.3) is 0 Å². The van der Waals surface area contributed by atoms with Crippen molar-refractivity contribution in [2.24, 2.45) is 9.98 Å². The van der Waals surface area contributed by atoms with E-state index in [4.69, 9.17) is 9.73 Å². The number of likely N-dealkylation sites (tertiary alicyclic amines) is 2. The average Bonchev–Trinajstić information content (AvgIpc) is 3.37. The van der Waals surface area contributed by atoms with Gasteiger partial charge in [-0.1, -0.05) is 18.3 Å². The van der Waals surface area contributed by atoms with Gasteiger partial charge in [-0.15, -0.1) is 0 Å². The molecular weight excluding hydrogens is 436 g/mol. The molecule has 1 aliphatic carbocycles. The molecule has 0 unspecified atom stereocenters. The highest BCUT2D eigenvalue weighted by atomic mass is 16.5. The number of nitrogens with one attached hydrogen (secondary N) is 2. The number of ether oxygens (including phenoxy) is 1. The van der Waals surface area contributed by atoms with E-state index in [0.717, 1.165) is 67.5 Å². The van der Waals surface area contributed by atoms with Crippen LogP contribution >= 0.6 is 0 Å². The number of anilines is 1. The maximum absolute atomic E-state index is 5.74. The Morgan fingerprint density at radius 1 is 1.11 bits per heavy atom. The van der Waals surface area contributed by atoms with E-state index < -0.39 is 0 Å². The fraction of sp³-hybridized carbons (Fsp3) is 0.643. The maximum Gasteiger partial charge on any atom is 0.156 e. The number of hydrogen-bond acceptors (Lipinski definition) is 6. The normalized spacial score (nSPS) is 20.2. The molecule has 1 aromatic rings. The molecule has 35 heavy (non-hydrogen) atoms. The summed E-state index contributed by atoms with van der Waals surface area (Å²) in [6.07, 6.45) is 9.75. The lowest BCUT2D eigenvalue weighted by atomic mass is 9.89. The average molecular weight is 479 g/mol. The molecule has 0 amide bonds. The van der Waals surface area contributed by atoms with E-state index in [9.17, 15) is 0 Å². The third-order valence-corrected chi connectivity index (χ3v) is 7.56. The second-order valence-electron chi connectivity index (χ2n) is 9.87. The largest absolute Gasteiger partial charge is 0.495 e. The molecule has 4 rings (SSSR count). The van der Waals surface area contributed by atoms with Crippen molar-refractivity contribution in [2.75, 3.05) is 58.9 Å². The van der Waals surface area contributed by atoms with Crippen LogP contribution < -0.4 is 15.4 Å². The molecule has 0 radical (unpaired) electrons. The fourth-order valence-corrected chi connectivity index (χ4v) is 5.24. The van der Waals surface area contributed by atoms with Crippen LogP contribution in [0.3, 0.4) is 0 Å². The van der Waals surface area contributed by atoms with Crippen LogP contribution in [0.25, 0.3) is 0 Å². The summed E-state index contributed by atoms with van der Waals surface area (Å²) in [6, 6.07) is 5.16. The lowest BCUT2D eigenvalue weighted by Crippen LogP contribution is -2.45. The van der Waals surface area contributed by atoms with Crippen LogP contribution in [0.4, 0.5) is 5.69 Å². The molecule has 1 saturated carbocycles. The first-order chi connectivity index (χ1) is 17.2. The van der Waals surface area contributed by atoms with Gasteiger partial charge in [-0.3, -0.25) is 4.99 Å². The number of aliphatic imine (C=N–C) groups is 2. The van der Waals surface area contributed by atoms with Crippen molar-refractivity contribution >= 4 is 18.2 Å². The summed E-state index contributed by atoms with van der Waals surface area (Å²) in [4.78, 5) is 14.6. The zero-order valence-corrected chi connectivity index (χ0v) is 21.6. The molecule has 0 bridgehead atoms. The third kappa shape index (κ3) is 6.84. The summed E-state index contributed by atoms with van der Waals surface area (Å²) in [6.45, 7) is 10.2. The molecule has 0 spiro atoms. The van der Waals surface area contributed by atoms with Gasteiger partial charge in [0.15, 0.2) is 5.84 Å². The molecule has 1 aromatic carbocycles. The Kier molecular flexibility index (Phi) is 9.58. The van der Waals surface area contributed by atoms with Gasteiger partial charge in [0.1, 0.15) is 5.75 Å². The van der Waals surface area contributed by atoms with E-state index in [1.165, 1.54) is 45.2 Å². The van der Waals surface area contributed by atoms with Gasteiger partial charge in [-0.05, 0) is 77.5 Å². The number of rotatable bonds is 9. The predicted octanol–water partition coefficient (Wildman–Crippen LogP) is 3.59. The monoisotopic (exact) mass is 478 g/mol. The summed E-state index contributed by atoms with van der Waals surface area (Å²) < 4.78 is 5.74. The number of methoxy groups -OCH3 is 1. The molecule has 2 heterocycles. The molecule has 7 heteroatoms. The van der Waals surface area contributed by atoms with Gasteiger partial charge in [-0.25, -0.2) is 4.99 Å². The minimum atomic E-state index is 0.278. The topological polar surface area (TPSA) is 64.5 Å². The van der Waals surface area contributed by atoms with Crippen molar-refractivity contribution in [1.82, 2.24) is 15.1 Å². The molecule has 2 saturated heterocycles. The number of amidine groups is 1. The van der Waals surface area contributed by atoms with Crippen molar-refractivity contribution in [1.29, 1.82) is 0 Å². The van der Waals surface area contributed by atoms with Crippen LogP contribution in [-0.2, 0) is 0 Å². The van der Waals surface area contributed by atoms with Crippen molar-refractivity contribution in [3.05, 3.63) is 23.3 Å². The number of hydrogen-bond donors (Lipinski definition) is 2. The van der Waals surface area contributed by atoms with E-state index in [0.29, 0.717) is 12.5 Å². The van der Waals surface area contributed by atoms with Gasteiger partial charge in [0.05, 0.1) is 25.4 Å².